The van der Waals surface area contributed by atoms with E-state index in [4.69, 9.17) is 0 Å². The molecule has 6 heteroatoms. The summed E-state index contributed by atoms with van der Waals surface area (Å²) in [6.07, 6.45) is 5.47. The highest BCUT2D eigenvalue weighted by atomic mass is 16.1. The zero-order chi connectivity index (χ0) is 11.9. The van der Waals surface area contributed by atoms with Crippen LogP contribution >= 0.6 is 0 Å². The highest BCUT2D eigenvalue weighted by Gasteiger charge is 2.14. The molecule has 0 spiro atoms. The maximum absolute atomic E-state index is 11.6. The molecule has 6 nitrogen and oxygen atoms in total. The van der Waals surface area contributed by atoms with E-state index in [9.17, 15) is 4.79 Å². The molecule has 1 fully saturated rings. The van der Waals surface area contributed by atoms with Gasteiger partial charge < -0.3 is 10.6 Å². The lowest BCUT2D eigenvalue weighted by molar-refractivity contribution is -0.121. The van der Waals surface area contributed by atoms with Gasteiger partial charge in [-0.2, -0.15) is 5.10 Å². The van der Waals surface area contributed by atoms with Gasteiger partial charge in [-0.25, -0.2) is 4.98 Å². The van der Waals surface area contributed by atoms with Gasteiger partial charge in [-0.15, -0.1) is 0 Å². The molecule has 1 unspecified atom stereocenters. The normalized spacial score (nSPS) is 20.1. The van der Waals surface area contributed by atoms with Gasteiger partial charge in [-0.3, -0.25) is 9.89 Å². The summed E-state index contributed by atoms with van der Waals surface area (Å²) in [5.41, 5.74) is 0. The molecule has 1 saturated heterocycles. The van der Waals surface area contributed by atoms with Gasteiger partial charge >= 0.3 is 0 Å². The minimum absolute atomic E-state index is 0.0898. The van der Waals surface area contributed by atoms with Crippen molar-refractivity contribution in [3.8, 4) is 0 Å². The van der Waals surface area contributed by atoms with Gasteiger partial charge in [0, 0.05) is 6.42 Å². The predicted octanol–water partition coefficient (Wildman–Crippen LogP) is 0.201. The van der Waals surface area contributed by atoms with E-state index < -0.39 is 0 Å². The molecule has 0 aromatic carbocycles. The Morgan fingerprint density at radius 2 is 2.53 bits per heavy atom. The van der Waals surface area contributed by atoms with Gasteiger partial charge in [0.05, 0.1) is 6.54 Å². The van der Waals surface area contributed by atoms with Gasteiger partial charge in [0.15, 0.2) is 0 Å². The summed E-state index contributed by atoms with van der Waals surface area (Å²) < 4.78 is 0. The Kier molecular flexibility index (Phi) is 4.49. The highest BCUT2D eigenvalue weighted by molar-refractivity contribution is 5.75. The lowest BCUT2D eigenvalue weighted by atomic mass is 9.94. The number of hydrogen-bond donors (Lipinski definition) is 3. The van der Waals surface area contributed by atoms with Crippen LogP contribution < -0.4 is 10.6 Å². The Balaban J connectivity index is 1.60. The van der Waals surface area contributed by atoms with Gasteiger partial charge in [0.2, 0.25) is 5.91 Å². The Morgan fingerprint density at radius 1 is 1.59 bits per heavy atom. The number of H-pyrrole nitrogens is 1. The molecule has 0 bridgehead atoms. The topological polar surface area (TPSA) is 82.7 Å². The molecule has 0 saturated carbocycles. The zero-order valence-electron chi connectivity index (χ0n) is 9.91. The predicted molar refractivity (Wildman–Crippen MR) is 63.1 cm³/mol. The molecule has 1 amide bonds. The van der Waals surface area contributed by atoms with Gasteiger partial charge in [-0.1, -0.05) is 0 Å². The number of carbonyl (C=O) groups is 1. The van der Waals surface area contributed by atoms with E-state index in [0.717, 1.165) is 19.5 Å². The van der Waals surface area contributed by atoms with Crippen molar-refractivity contribution >= 4 is 5.91 Å². The number of aromatic nitrogens is 3. The molecule has 2 heterocycles. The summed E-state index contributed by atoms with van der Waals surface area (Å²) in [5.74, 6) is 1.43. The van der Waals surface area contributed by atoms with E-state index in [2.05, 4.69) is 25.8 Å². The SMILES string of the molecule is O=C(CCC1CCCNC1)NCc1ncn[nH]1. The maximum Gasteiger partial charge on any atom is 0.220 e. The second-order valence-corrected chi connectivity index (χ2v) is 4.46. The smallest absolute Gasteiger partial charge is 0.220 e. The van der Waals surface area contributed by atoms with Gasteiger partial charge in [0.1, 0.15) is 12.2 Å². The number of hydrogen-bond acceptors (Lipinski definition) is 4. The van der Waals surface area contributed by atoms with E-state index in [1.165, 1.54) is 19.2 Å². The van der Waals surface area contributed by atoms with E-state index in [1.54, 1.807) is 0 Å². The molecule has 17 heavy (non-hydrogen) atoms. The molecular formula is C11H19N5O. The third-order valence-electron chi connectivity index (χ3n) is 3.10. The van der Waals surface area contributed by atoms with Crippen molar-refractivity contribution in [3.63, 3.8) is 0 Å². The largest absolute Gasteiger partial charge is 0.349 e. The van der Waals surface area contributed by atoms with Crippen molar-refractivity contribution in [2.45, 2.75) is 32.2 Å². The van der Waals surface area contributed by atoms with Crippen molar-refractivity contribution < 1.29 is 4.79 Å². The van der Waals surface area contributed by atoms with Crippen LogP contribution in [0.15, 0.2) is 6.33 Å². The summed E-state index contributed by atoms with van der Waals surface area (Å²) in [5, 5.41) is 12.6. The van der Waals surface area contributed by atoms with E-state index in [0.29, 0.717) is 24.7 Å². The molecule has 1 atom stereocenters. The molecule has 1 aliphatic heterocycles. The monoisotopic (exact) mass is 237 g/mol. The molecule has 1 aromatic heterocycles. The fourth-order valence-electron chi connectivity index (χ4n) is 2.09. The van der Waals surface area contributed by atoms with Crippen LogP contribution in [-0.2, 0) is 11.3 Å². The molecular weight excluding hydrogens is 218 g/mol. The fourth-order valence-corrected chi connectivity index (χ4v) is 2.09. The van der Waals surface area contributed by atoms with Crippen LogP contribution in [0.2, 0.25) is 0 Å². The quantitative estimate of drug-likeness (QED) is 0.683. The number of piperidine rings is 1. The van der Waals surface area contributed by atoms with E-state index >= 15 is 0 Å². The van der Waals surface area contributed by atoms with Crippen LogP contribution in [0, 0.1) is 5.92 Å². The lowest BCUT2D eigenvalue weighted by Gasteiger charge is -2.22. The van der Waals surface area contributed by atoms with Crippen molar-refractivity contribution in [2.75, 3.05) is 13.1 Å². The first-order valence-electron chi connectivity index (χ1n) is 6.16. The number of amides is 1. The Hall–Kier alpha value is -1.43. The molecule has 1 aliphatic rings. The third kappa shape index (κ3) is 4.14. The first-order valence-corrected chi connectivity index (χ1v) is 6.16. The van der Waals surface area contributed by atoms with Gasteiger partial charge in [0.25, 0.3) is 0 Å². The minimum atomic E-state index is 0.0898. The molecule has 0 aliphatic carbocycles. The number of nitrogens with one attached hydrogen (secondary N) is 3. The van der Waals surface area contributed by atoms with Gasteiger partial charge in [-0.05, 0) is 38.3 Å². The fraction of sp³-hybridized carbons (Fsp3) is 0.727. The van der Waals surface area contributed by atoms with Crippen LogP contribution in [0.25, 0.3) is 0 Å². The average Bonchev–Trinajstić information content (AvgIpc) is 2.88. The number of carbonyl (C=O) groups excluding carboxylic acids is 1. The minimum Gasteiger partial charge on any atom is -0.349 e. The Bertz CT molecular complexity index is 332. The summed E-state index contributed by atoms with van der Waals surface area (Å²) in [6, 6.07) is 0. The second-order valence-electron chi connectivity index (χ2n) is 4.46. The number of rotatable bonds is 5. The van der Waals surface area contributed by atoms with Crippen LogP contribution in [-0.4, -0.2) is 34.2 Å². The summed E-state index contributed by atoms with van der Waals surface area (Å²) >= 11 is 0. The van der Waals surface area contributed by atoms with Crippen LogP contribution in [0.1, 0.15) is 31.5 Å². The zero-order valence-corrected chi connectivity index (χ0v) is 9.91. The number of aromatic amines is 1. The van der Waals surface area contributed by atoms with Crippen molar-refractivity contribution in [1.29, 1.82) is 0 Å². The molecule has 2 rings (SSSR count). The lowest BCUT2D eigenvalue weighted by Crippen LogP contribution is -2.31. The van der Waals surface area contributed by atoms with Crippen molar-refractivity contribution in [3.05, 3.63) is 12.2 Å². The number of nitrogens with zero attached hydrogens (tertiary/aromatic N) is 2. The molecule has 3 N–H and O–H groups in total. The maximum atomic E-state index is 11.6. The third-order valence-corrected chi connectivity index (χ3v) is 3.10. The molecule has 0 radical (unpaired) electrons. The Labute approximate surface area is 101 Å². The first kappa shape index (κ1) is 12.0. The standard InChI is InChI=1S/C11H19N5O/c17-11(13-7-10-14-8-15-16-10)4-3-9-2-1-5-12-6-9/h8-9,12H,1-7H2,(H,13,17)(H,14,15,16). The second kappa shape index (κ2) is 6.34. The summed E-state index contributed by atoms with van der Waals surface area (Å²) in [7, 11) is 0. The van der Waals surface area contributed by atoms with Crippen molar-refractivity contribution in [2.24, 2.45) is 5.92 Å². The van der Waals surface area contributed by atoms with Crippen LogP contribution in [0.3, 0.4) is 0 Å². The Morgan fingerprint density at radius 3 is 3.24 bits per heavy atom. The van der Waals surface area contributed by atoms with E-state index in [-0.39, 0.29) is 5.91 Å². The average molecular weight is 237 g/mol. The van der Waals surface area contributed by atoms with Crippen LogP contribution in [0.5, 0.6) is 0 Å². The first-order chi connectivity index (χ1) is 8.34. The highest BCUT2D eigenvalue weighted by Crippen LogP contribution is 2.15. The van der Waals surface area contributed by atoms with Crippen LogP contribution in [0.4, 0.5) is 0 Å². The summed E-state index contributed by atoms with van der Waals surface area (Å²) in [6.45, 7) is 2.60. The molecule has 94 valence electrons. The summed E-state index contributed by atoms with van der Waals surface area (Å²) in [4.78, 5) is 15.5. The molecule has 1 aromatic rings. The van der Waals surface area contributed by atoms with Crippen molar-refractivity contribution in [1.82, 2.24) is 25.8 Å². The van der Waals surface area contributed by atoms with E-state index in [1.807, 2.05) is 0 Å².